The normalized spacial score (nSPS) is 19.5. The zero-order chi connectivity index (χ0) is 17.2. The Morgan fingerprint density at radius 3 is 2.88 bits per heavy atom. The van der Waals surface area contributed by atoms with E-state index in [9.17, 15) is 8.42 Å². The first-order chi connectivity index (χ1) is 11.5. The molecule has 1 aliphatic heterocycles. The van der Waals surface area contributed by atoms with Gasteiger partial charge in [0.2, 0.25) is 10.0 Å². The highest BCUT2D eigenvalue weighted by atomic mass is 32.2. The number of sulfonamides is 1. The van der Waals surface area contributed by atoms with Crippen LogP contribution in [0.3, 0.4) is 0 Å². The van der Waals surface area contributed by atoms with Gasteiger partial charge in [-0.1, -0.05) is 0 Å². The Hall–Kier alpha value is -1.84. The monoisotopic (exact) mass is 351 g/mol. The Labute approximate surface area is 141 Å². The van der Waals surface area contributed by atoms with Gasteiger partial charge in [0.1, 0.15) is 4.90 Å². The van der Waals surface area contributed by atoms with Crippen LogP contribution in [0.15, 0.2) is 29.7 Å². The van der Waals surface area contributed by atoms with Crippen LogP contribution in [0.1, 0.15) is 17.8 Å². The molecule has 1 fully saturated rings. The van der Waals surface area contributed by atoms with Gasteiger partial charge in [-0.25, -0.2) is 8.42 Å². The molecule has 0 spiro atoms. The van der Waals surface area contributed by atoms with Gasteiger partial charge in [0.15, 0.2) is 0 Å². The van der Waals surface area contributed by atoms with Crippen molar-refractivity contribution in [1.82, 2.24) is 24.1 Å². The summed E-state index contributed by atoms with van der Waals surface area (Å²) in [5.41, 5.74) is 1.36. The summed E-state index contributed by atoms with van der Waals surface area (Å²) in [4.78, 5) is 8.54. The number of hydrogen-bond donors (Lipinski definition) is 0. The van der Waals surface area contributed by atoms with Crippen LogP contribution in [0.25, 0.3) is 0 Å². The van der Waals surface area contributed by atoms with Crippen LogP contribution in [0.2, 0.25) is 0 Å². The van der Waals surface area contributed by atoms with E-state index < -0.39 is 10.0 Å². The third-order valence-corrected chi connectivity index (χ3v) is 6.13. The maximum Gasteiger partial charge on any atom is 0.246 e. The number of aryl methyl sites for hydroxylation is 3. The van der Waals surface area contributed by atoms with Gasteiger partial charge in [-0.05, 0) is 19.8 Å². The Kier molecular flexibility index (Phi) is 4.93. The van der Waals surface area contributed by atoms with Crippen molar-refractivity contribution in [2.75, 3.05) is 19.8 Å². The predicted molar refractivity (Wildman–Crippen MR) is 86.8 cm³/mol. The van der Waals surface area contributed by atoms with E-state index in [2.05, 4.69) is 15.1 Å². The lowest BCUT2D eigenvalue weighted by molar-refractivity contribution is 0.0297. The molecule has 8 nitrogen and oxygen atoms in total. The highest BCUT2D eigenvalue weighted by molar-refractivity contribution is 7.89. The maximum atomic E-state index is 13.0. The van der Waals surface area contributed by atoms with Gasteiger partial charge in [0, 0.05) is 44.4 Å². The molecular weight excluding hydrogens is 330 g/mol. The fourth-order valence-electron chi connectivity index (χ4n) is 2.91. The molecule has 3 heterocycles. The lowest BCUT2D eigenvalue weighted by atomic mass is 10.1. The van der Waals surface area contributed by atoms with Gasteiger partial charge >= 0.3 is 0 Å². The van der Waals surface area contributed by atoms with E-state index in [1.807, 2.05) is 0 Å². The Morgan fingerprint density at radius 1 is 1.38 bits per heavy atom. The number of ether oxygens (including phenoxy) is 1. The van der Waals surface area contributed by atoms with Crippen LogP contribution in [0.4, 0.5) is 0 Å². The number of hydrogen-bond acceptors (Lipinski definition) is 6. The fourth-order valence-corrected chi connectivity index (χ4v) is 4.74. The minimum Gasteiger partial charge on any atom is -0.378 e. The average molecular weight is 351 g/mol. The van der Waals surface area contributed by atoms with Crippen molar-refractivity contribution in [3.8, 4) is 0 Å². The summed E-state index contributed by atoms with van der Waals surface area (Å²) < 4.78 is 34.6. The van der Waals surface area contributed by atoms with Crippen molar-refractivity contribution in [2.45, 2.75) is 30.7 Å². The molecule has 0 aromatic carbocycles. The van der Waals surface area contributed by atoms with Crippen molar-refractivity contribution >= 4 is 10.0 Å². The van der Waals surface area contributed by atoms with Gasteiger partial charge in [-0.2, -0.15) is 9.40 Å². The number of rotatable bonds is 5. The molecular formula is C15H21N5O3S. The van der Waals surface area contributed by atoms with Crippen LogP contribution in [-0.2, 0) is 28.2 Å². The largest absolute Gasteiger partial charge is 0.378 e. The van der Waals surface area contributed by atoms with E-state index in [0.29, 0.717) is 38.3 Å². The quantitative estimate of drug-likeness (QED) is 0.781. The van der Waals surface area contributed by atoms with E-state index in [4.69, 9.17) is 4.74 Å². The zero-order valence-corrected chi connectivity index (χ0v) is 14.6. The van der Waals surface area contributed by atoms with E-state index in [0.717, 1.165) is 5.69 Å². The SMILES string of the molecule is Cc1nn(C)cc1S(=O)(=O)N1CCOCC1CCc1cnccn1. The molecule has 130 valence electrons. The summed E-state index contributed by atoms with van der Waals surface area (Å²) >= 11 is 0. The molecule has 0 N–H and O–H groups in total. The molecule has 0 amide bonds. The highest BCUT2D eigenvalue weighted by Crippen LogP contribution is 2.24. The fraction of sp³-hybridized carbons (Fsp3) is 0.533. The molecule has 2 aromatic rings. The Morgan fingerprint density at radius 2 is 2.21 bits per heavy atom. The molecule has 0 aliphatic carbocycles. The minimum absolute atomic E-state index is 0.217. The van der Waals surface area contributed by atoms with Crippen molar-refractivity contribution < 1.29 is 13.2 Å². The second-order valence-electron chi connectivity index (χ2n) is 5.83. The molecule has 0 radical (unpaired) electrons. The van der Waals surface area contributed by atoms with Gasteiger partial charge in [0.25, 0.3) is 0 Å². The van der Waals surface area contributed by atoms with Crippen LogP contribution in [0.5, 0.6) is 0 Å². The third-order valence-electron chi connectivity index (χ3n) is 4.08. The van der Waals surface area contributed by atoms with Crippen molar-refractivity contribution in [3.63, 3.8) is 0 Å². The Bertz CT molecular complexity index is 791. The molecule has 9 heteroatoms. The third kappa shape index (κ3) is 3.47. The highest BCUT2D eigenvalue weighted by Gasteiger charge is 2.35. The average Bonchev–Trinajstić information content (AvgIpc) is 2.93. The molecule has 3 rings (SSSR count). The van der Waals surface area contributed by atoms with Gasteiger partial charge in [-0.15, -0.1) is 0 Å². The summed E-state index contributed by atoms with van der Waals surface area (Å²) in [6, 6.07) is -0.217. The van der Waals surface area contributed by atoms with E-state index in [-0.39, 0.29) is 10.9 Å². The predicted octanol–water partition coefficient (Wildman–Crippen LogP) is 0.541. The first kappa shape index (κ1) is 17.0. The molecule has 1 aliphatic rings. The smallest absolute Gasteiger partial charge is 0.246 e. The lowest BCUT2D eigenvalue weighted by Crippen LogP contribution is -2.48. The van der Waals surface area contributed by atoms with Crippen LogP contribution >= 0.6 is 0 Å². The van der Waals surface area contributed by atoms with Gasteiger partial charge < -0.3 is 4.74 Å². The van der Waals surface area contributed by atoms with Crippen LogP contribution < -0.4 is 0 Å². The molecule has 0 bridgehead atoms. The summed E-state index contributed by atoms with van der Waals surface area (Å²) in [6.07, 6.45) is 7.81. The molecule has 1 unspecified atom stereocenters. The number of morpholine rings is 1. The Balaban J connectivity index is 1.80. The first-order valence-electron chi connectivity index (χ1n) is 7.83. The maximum absolute atomic E-state index is 13.0. The van der Waals surface area contributed by atoms with Gasteiger partial charge in [-0.3, -0.25) is 14.6 Å². The van der Waals surface area contributed by atoms with Crippen molar-refractivity contribution in [3.05, 3.63) is 36.2 Å². The molecule has 0 saturated carbocycles. The van der Waals surface area contributed by atoms with Crippen molar-refractivity contribution in [1.29, 1.82) is 0 Å². The number of nitrogens with zero attached hydrogens (tertiary/aromatic N) is 5. The minimum atomic E-state index is -3.59. The van der Waals surface area contributed by atoms with Crippen LogP contribution in [0, 0.1) is 6.92 Å². The topological polar surface area (TPSA) is 90.2 Å². The van der Waals surface area contributed by atoms with E-state index in [1.165, 1.54) is 8.99 Å². The summed E-state index contributed by atoms with van der Waals surface area (Å²) in [7, 11) is -1.87. The first-order valence-corrected chi connectivity index (χ1v) is 9.27. The standard InChI is InChI=1S/C15H21N5O3S/c1-12-15(10-19(2)18-12)24(21,22)20-7-8-23-11-14(20)4-3-13-9-16-5-6-17-13/h5-6,9-10,14H,3-4,7-8,11H2,1-2H3. The van der Waals surface area contributed by atoms with E-state index >= 15 is 0 Å². The summed E-state index contributed by atoms with van der Waals surface area (Å²) in [5.74, 6) is 0. The zero-order valence-electron chi connectivity index (χ0n) is 13.8. The van der Waals surface area contributed by atoms with Gasteiger partial charge in [0.05, 0.1) is 24.6 Å². The molecule has 24 heavy (non-hydrogen) atoms. The summed E-state index contributed by atoms with van der Waals surface area (Å²) in [5, 5.41) is 4.15. The van der Waals surface area contributed by atoms with E-state index in [1.54, 1.807) is 38.8 Å². The lowest BCUT2D eigenvalue weighted by Gasteiger charge is -2.34. The van der Waals surface area contributed by atoms with Crippen molar-refractivity contribution in [2.24, 2.45) is 7.05 Å². The molecule has 2 aromatic heterocycles. The second-order valence-corrected chi connectivity index (χ2v) is 7.69. The number of aromatic nitrogens is 4. The summed E-state index contributed by atoms with van der Waals surface area (Å²) in [6.45, 7) is 2.85. The van der Waals surface area contributed by atoms with Crippen LogP contribution in [-0.4, -0.2) is 58.3 Å². The second kappa shape index (κ2) is 6.96. The molecule has 1 saturated heterocycles. The molecule has 1 atom stereocenters.